The van der Waals surface area contributed by atoms with Crippen molar-refractivity contribution in [2.45, 2.75) is 19.8 Å². The van der Waals surface area contributed by atoms with Gasteiger partial charge >= 0.3 is 0 Å². The van der Waals surface area contributed by atoms with E-state index >= 15 is 0 Å². The van der Waals surface area contributed by atoms with Crippen molar-refractivity contribution < 1.29 is 4.79 Å². The minimum Gasteiger partial charge on any atom is -0.369 e. The van der Waals surface area contributed by atoms with Crippen LogP contribution in [0.25, 0.3) is 0 Å². The molecule has 0 aliphatic heterocycles. The van der Waals surface area contributed by atoms with E-state index in [0.717, 1.165) is 5.92 Å². The molecule has 2 fully saturated rings. The Morgan fingerprint density at radius 3 is 2.30 bits per heavy atom. The van der Waals surface area contributed by atoms with Crippen LogP contribution in [0.15, 0.2) is 0 Å². The van der Waals surface area contributed by atoms with Gasteiger partial charge in [-0.1, -0.05) is 6.92 Å². The van der Waals surface area contributed by atoms with Gasteiger partial charge in [0, 0.05) is 5.92 Å². The van der Waals surface area contributed by atoms with Crippen molar-refractivity contribution >= 4 is 5.91 Å². The number of carbonyl (C=O) groups excluding carboxylic acids is 1. The molecule has 1 unspecified atom stereocenters. The molecule has 2 aliphatic rings. The van der Waals surface area contributed by atoms with Crippen molar-refractivity contribution in [3.63, 3.8) is 0 Å². The zero-order valence-electron chi connectivity index (χ0n) is 6.21. The third-order valence-corrected chi connectivity index (χ3v) is 3.01. The molecule has 0 aromatic rings. The molecule has 4 atom stereocenters. The van der Waals surface area contributed by atoms with Crippen molar-refractivity contribution in [1.82, 2.24) is 0 Å². The van der Waals surface area contributed by atoms with Crippen LogP contribution in [-0.4, -0.2) is 5.91 Å². The van der Waals surface area contributed by atoms with E-state index in [1.54, 1.807) is 0 Å². The lowest BCUT2D eigenvalue weighted by Crippen LogP contribution is -2.17. The van der Waals surface area contributed by atoms with E-state index in [9.17, 15) is 4.79 Å². The van der Waals surface area contributed by atoms with Gasteiger partial charge in [0.15, 0.2) is 0 Å². The number of nitrogens with two attached hydrogens (primary N) is 1. The first-order valence-corrected chi connectivity index (χ1v) is 3.99. The molecule has 0 heterocycles. The Hall–Kier alpha value is -0.530. The molecule has 0 bridgehead atoms. The largest absolute Gasteiger partial charge is 0.369 e. The Labute approximate surface area is 60.8 Å². The molecule has 0 aromatic carbocycles. The van der Waals surface area contributed by atoms with Crippen LogP contribution in [0.4, 0.5) is 0 Å². The maximum Gasteiger partial charge on any atom is 0.221 e. The second-order valence-corrected chi connectivity index (χ2v) is 3.83. The van der Waals surface area contributed by atoms with Crippen LogP contribution in [-0.2, 0) is 4.79 Å². The van der Waals surface area contributed by atoms with E-state index in [1.165, 1.54) is 12.8 Å². The predicted octanol–water partition coefficient (Wildman–Crippen LogP) is 0.764. The fraction of sp³-hybridized carbons (Fsp3) is 0.875. The molecule has 10 heavy (non-hydrogen) atoms. The van der Waals surface area contributed by atoms with Crippen molar-refractivity contribution in [2.24, 2.45) is 29.4 Å². The quantitative estimate of drug-likeness (QED) is 0.572. The van der Waals surface area contributed by atoms with E-state index in [4.69, 9.17) is 5.73 Å². The number of rotatable bonds is 1. The SMILES string of the molecule is CC1C[C@@H]2[C@H](C1)[C@H]2C(N)=O. The topological polar surface area (TPSA) is 43.1 Å². The number of fused-ring (bicyclic) bond motifs is 1. The first-order valence-electron chi connectivity index (χ1n) is 3.99. The second kappa shape index (κ2) is 1.74. The molecule has 0 aromatic heterocycles. The molecular weight excluding hydrogens is 126 g/mol. The Balaban J connectivity index is 1.98. The smallest absolute Gasteiger partial charge is 0.221 e. The van der Waals surface area contributed by atoms with Gasteiger partial charge in [-0.2, -0.15) is 0 Å². The lowest BCUT2D eigenvalue weighted by molar-refractivity contribution is -0.120. The summed E-state index contributed by atoms with van der Waals surface area (Å²) in [6, 6.07) is 0. The minimum absolute atomic E-state index is 0.0677. The van der Waals surface area contributed by atoms with Crippen LogP contribution in [0.3, 0.4) is 0 Å². The van der Waals surface area contributed by atoms with Gasteiger partial charge in [0.2, 0.25) is 5.91 Å². The van der Waals surface area contributed by atoms with Crippen LogP contribution in [0.5, 0.6) is 0 Å². The molecule has 0 radical (unpaired) electrons. The van der Waals surface area contributed by atoms with Gasteiger partial charge in [-0.3, -0.25) is 4.79 Å². The van der Waals surface area contributed by atoms with Crippen LogP contribution in [0.1, 0.15) is 19.8 Å². The summed E-state index contributed by atoms with van der Waals surface area (Å²) >= 11 is 0. The summed E-state index contributed by atoms with van der Waals surface area (Å²) in [4.78, 5) is 10.7. The van der Waals surface area contributed by atoms with Gasteiger partial charge in [-0.15, -0.1) is 0 Å². The van der Waals surface area contributed by atoms with E-state index < -0.39 is 0 Å². The van der Waals surface area contributed by atoms with E-state index in [1.807, 2.05) is 0 Å². The zero-order chi connectivity index (χ0) is 7.30. The summed E-state index contributed by atoms with van der Waals surface area (Å²) in [7, 11) is 0. The highest BCUT2D eigenvalue weighted by atomic mass is 16.1. The lowest BCUT2D eigenvalue weighted by Gasteiger charge is -2.04. The standard InChI is InChI=1S/C8H13NO/c1-4-2-5-6(3-4)7(5)8(9)10/h4-7H,2-3H2,1H3,(H2,9,10)/t4?,5-,6+,7+. The van der Waals surface area contributed by atoms with E-state index in [-0.39, 0.29) is 11.8 Å². The van der Waals surface area contributed by atoms with Gasteiger partial charge in [0.1, 0.15) is 0 Å². The summed E-state index contributed by atoms with van der Waals surface area (Å²) in [6.07, 6.45) is 2.47. The molecule has 2 saturated carbocycles. The molecule has 2 rings (SSSR count). The number of hydrogen-bond acceptors (Lipinski definition) is 1. The molecule has 2 nitrogen and oxygen atoms in total. The van der Waals surface area contributed by atoms with Crippen LogP contribution in [0.2, 0.25) is 0 Å². The fourth-order valence-corrected chi connectivity index (χ4v) is 2.54. The van der Waals surface area contributed by atoms with Gasteiger partial charge < -0.3 is 5.73 Å². The first kappa shape index (κ1) is 6.20. The molecule has 2 aliphatic carbocycles. The highest BCUT2D eigenvalue weighted by Gasteiger charge is 2.57. The van der Waals surface area contributed by atoms with Crippen molar-refractivity contribution in [1.29, 1.82) is 0 Å². The fourth-order valence-electron chi connectivity index (χ4n) is 2.54. The molecule has 2 N–H and O–H groups in total. The Morgan fingerprint density at radius 2 is 1.90 bits per heavy atom. The van der Waals surface area contributed by atoms with Crippen molar-refractivity contribution in [3.05, 3.63) is 0 Å². The highest BCUT2D eigenvalue weighted by molar-refractivity contribution is 5.80. The molecule has 0 saturated heterocycles. The summed E-state index contributed by atoms with van der Waals surface area (Å²) in [5.41, 5.74) is 5.19. The number of hydrogen-bond donors (Lipinski definition) is 1. The number of primary amides is 1. The Bertz CT molecular complexity index is 166. The first-order chi connectivity index (χ1) is 4.70. The Morgan fingerprint density at radius 1 is 1.40 bits per heavy atom. The summed E-state index contributed by atoms with van der Waals surface area (Å²) in [5, 5.41) is 0. The minimum atomic E-state index is -0.0677. The lowest BCUT2D eigenvalue weighted by atomic mass is 10.0. The molecule has 1 amide bonds. The zero-order valence-corrected chi connectivity index (χ0v) is 6.21. The monoisotopic (exact) mass is 139 g/mol. The average molecular weight is 139 g/mol. The maximum atomic E-state index is 10.7. The maximum absolute atomic E-state index is 10.7. The number of amides is 1. The van der Waals surface area contributed by atoms with E-state index in [2.05, 4.69) is 6.92 Å². The summed E-state index contributed by atoms with van der Waals surface area (Å²) in [6.45, 7) is 2.25. The normalized spacial score (nSPS) is 50.5. The average Bonchev–Trinajstić information content (AvgIpc) is 2.32. The molecular formula is C8H13NO. The summed E-state index contributed by atoms with van der Waals surface area (Å²) in [5.74, 6) is 2.38. The molecule has 56 valence electrons. The molecule has 2 heteroatoms. The third kappa shape index (κ3) is 0.678. The highest BCUT2D eigenvalue weighted by Crippen LogP contribution is 2.59. The summed E-state index contributed by atoms with van der Waals surface area (Å²) < 4.78 is 0. The van der Waals surface area contributed by atoms with Crippen LogP contribution in [0, 0.1) is 23.7 Å². The van der Waals surface area contributed by atoms with E-state index in [0.29, 0.717) is 11.8 Å². The predicted molar refractivity (Wildman–Crippen MR) is 38.1 cm³/mol. The van der Waals surface area contributed by atoms with Crippen molar-refractivity contribution in [3.8, 4) is 0 Å². The van der Waals surface area contributed by atoms with Crippen LogP contribution >= 0.6 is 0 Å². The van der Waals surface area contributed by atoms with Crippen molar-refractivity contribution in [2.75, 3.05) is 0 Å². The van der Waals surface area contributed by atoms with Gasteiger partial charge in [-0.05, 0) is 30.6 Å². The van der Waals surface area contributed by atoms with Gasteiger partial charge in [0.25, 0.3) is 0 Å². The molecule has 0 spiro atoms. The third-order valence-electron chi connectivity index (χ3n) is 3.01. The number of carbonyl (C=O) groups is 1. The van der Waals surface area contributed by atoms with Gasteiger partial charge in [-0.25, -0.2) is 0 Å². The van der Waals surface area contributed by atoms with Crippen LogP contribution < -0.4 is 5.73 Å². The van der Waals surface area contributed by atoms with Gasteiger partial charge in [0.05, 0.1) is 0 Å². The second-order valence-electron chi connectivity index (χ2n) is 3.83. The Kier molecular flexibility index (Phi) is 1.08.